The maximum atomic E-state index is 8.32. The Balaban J connectivity index is 2.04. The second kappa shape index (κ2) is 8.85. The number of benzene rings is 1. The lowest BCUT2D eigenvalue weighted by Gasteiger charge is -2.06. The van der Waals surface area contributed by atoms with Crippen molar-refractivity contribution in [3.63, 3.8) is 0 Å². The van der Waals surface area contributed by atoms with Crippen molar-refractivity contribution in [2.75, 3.05) is 0 Å². The number of nitrogens with zero attached hydrogens (tertiary/aromatic N) is 5. The van der Waals surface area contributed by atoms with E-state index in [9.17, 15) is 0 Å². The molecule has 2 rings (SSSR count). The molecule has 6 heteroatoms. The number of hydrogen-bond acceptors (Lipinski definition) is 4. The Morgan fingerprint density at radius 2 is 2.00 bits per heavy atom. The molecule has 0 aliphatic carbocycles. The molecule has 116 valence electrons. The van der Waals surface area contributed by atoms with Gasteiger partial charge < -0.3 is 4.52 Å². The largest absolute Gasteiger partial charge is 0.339 e. The van der Waals surface area contributed by atoms with Crippen LogP contribution in [-0.4, -0.2) is 10.1 Å². The van der Waals surface area contributed by atoms with Gasteiger partial charge in [-0.2, -0.15) is 4.98 Å². The fourth-order valence-corrected chi connectivity index (χ4v) is 2.40. The zero-order valence-corrected chi connectivity index (χ0v) is 12.9. The van der Waals surface area contributed by atoms with Gasteiger partial charge in [0.25, 0.3) is 0 Å². The van der Waals surface area contributed by atoms with Gasteiger partial charge in [0.15, 0.2) is 0 Å². The minimum Gasteiger partial charge on any atom is -0.339 e. The summed E-state index contributed by atoms with van der Waals surface area (Å²) in [5.74, 6) is 0.901. The molecule has 0 fully saturated rings. The summed E-state index contributed by atoms with van der Waals surface area (Å²) in [4.78, 5) is 6.99. The Hall–Kier alpha value is -2.33. The Morgan fingerprint density at radius 1 is 1.18 bits per heavy atom. The molecule has 22 heavy (non-hydrogen) atoms. The summed E-state index contributed by atoms with van der Waals surface area (Å²) in [7, 11) is 0. The molecule has 0 atom stereocenters. The smallest absolute Gasteiger partial charge is 0.232 e. The zero-order chi connectivity index (χ0) is 15.6. The van der Waals surface area contributed by atoms with Crippen LogP contribution in [0, 0.1) is 0 Å². The number of unbranched alkanes of at least 4 members (excludes halogenated alkanes) is 4. The van der Waals surface area contributed by atoms with E-state index in [4.69, 9.17) is 10.1 Å². The first-order chi connectivity index (χ1) is 10.8. The van der Waals surface area contributed by atoms with Crippen LogP contribution in [-0.2, 0) is 13.0 Å². The summed E-state index contributed by atoms with van der Waals surface area (Å²) in [5, 5.41) is 7.42. The van der Waals surface area contributed by atoms with E-state index >= 15 is 0 Å². The van der Waals surface area contributed by atoms with Crippen molar-refractivity contribution < 1.29 is 4.52 Å². The Kier molecular flexibility index (Phi) is 6.45. The molecule has 0 saturated heterocycles. The summed E-state index contributed by atoms with van der Waals surface area (Å²) in [6.45, 7) is 2.31. The van der Waals surface area contributed by atoms with Gasteiger partial charge in [0.1, 0.15) is 6.54 Å². The summed E-state index contributed by atoms with van der Waals surface area (Å²) in [5.41, 5.74) is 10.5. The van der Waals surface area contributed by atoms with E-state index < -0.39 is 0 Å². The summed E-state index contributed by atoms with van der Waals surface area (Å²) in [6.07, 6.45) is 7.27. The lowest BCUT2D eigenvalue weighted by Crippen LogP contribution is -1.92. The van der Waals surface area contributed by atoms with Gasteiger partial charge in [-0.05, 0) is 23.9 Å². The van der Waals surface area contributed by atoms with E-state index in [1.165, 1.54) is 37.7 Å². The normalized spacial score (nSPS) is 10.4. The molecule has 0 aliphatic rings. The van der Waals surface area contributed by atoms with Gasteiger partial charge in [-0.1, -0.05) is 67.1 Å². The molecule has 1 aromatic carbocycles. The average molecular weight is 299 g/mol. The Morgan fingerprint density at radius 3 is 2.82 bits per heavy atom. The second-order valence-electron chi connectivity index (χ2n) is 5.22. The van der Waals surface area contributed by atoms with Crippen LogP contribution in [0.1, 0.15) is 50.5 Å². The molecule has 0 N–H and O–H groups in total. The first-order valence-electron chi connectivity index (χ1n) is 7.77. The van der Waals surface area contributed by atoms with E-state index in [0.717, 1.165) is 12.0 Å². The number of azide groups is 1. The van der Waals surface area contributed by atoms with E-state index in [-0.39, 0.29) is 6.54 Å². The van der Waals surface area contributed by atoms with Crippen LogP contribution < -0.4 is 0 Å². The van der Waals surface area contributed by atoms with E-state index in [2.05, 4.69) is 33.2 Å². The topological polar surface area (TPSA) is 87.7 Å². The van der Waals surface area contributed by atoms with Crippen LogP contribution in [0.15, 0.2) is 33.9 Å². The number of aromatic nitrogens is 2. The van der Waals surface area contributed by atoms with Crippen LogP contribution >= 0.6 is 0 Å². The first-order valence-corrected chi connectivity index (χ1v) is 7.77. The molecule has 1 aromatic heterocycles. The molecule has 6 nitrogen and oxygen atoms in total. The molecular formula is C16H21N5O. The van der Waals surface area contributed by atoms with E-state index in [1.807, 2.05) is 18.2 Å². The van der Waals surface area contributed by atoms with Crippen molar-refractivity contribution in [1.29, 1.82) is 0 Å². The van der Waals surface area contributed by atoms with Gasteiger partial charge in [0, 0.05) is 10.5 Å². The van der Waals surface area contributed by atoms with Gasteiger partial charge in [0.05, 0.1) is 0 Å². The first kappa shape index (κ1) is 16.0. The number of hydrogen-bond donors (Lipinski definition) is 0. The standard InChI is InChI=1S/C16H21N5O/c1-2-3-4-5-6-9-13-10-7-8-11-14(13)16-19-15(22-20-16)12-18-21-17/h7-8,10-11H,2-6,9,12H2,1H3. The predicted molar refractivity (Wildman–Crippen MR) is 85.0 cm³/mol. The fourth-order valence-electron chi connectivity index (χ4n) is 2.40. The minimum absolute atomic E-state index is 0.0860. The van der Waals surface area contributed by atoms with E-state index in [1.54, 1.807) is 0 Å². The fraction of sp³-hybridized carbons (Fsp3) is 0.500. The molecule has 0 bridgehead atoms. The van der Waals surface area contributed by atoms with Crippen LogP contribution in [0.25, 0.3) is 21.8 Å². The van der Waals surface area contributed by atoms with Crippen molar-refractivity contribution in [1.82, 2.24) is 10.1 Å². The lowest BCUT2D eigenvalue weighted by molar-refractivity contribution is 0.380. The highest BCUT2D eigenvalue weighted by Gasteiger charge is 2.11. The van der Waals surface area contributed by atoms with Gasteiger partial charge in [-0.3, -0.25) is 0 Å². The molecule has 0 radical (unpaired) electrons. The molecule has 0 amide bonds. The van der Waals surface area contributed by atoms with Gasteiger partial charge in [-0.25, -0.2) is 0 Å². The SMILES string of the molecule is CCCCCCCc1ccccc1-c1noc(CN=[N+]=[N-])n1. The summed E-state index contributed by atoms with van der Waals surface area (Å²) >= 11 is 0. The second-order valence-corrected chi connectivity index (χ2v) is 5.22. The van der Waals surface area contributed by atoms with Crippen LogP contribution in [0.2, 0.25) is 0 Å². The molecular weight excluding hydrogens is 278 g/mol. The van der Waals surface area contributed by atoms with Gasteiger partial charge >= 0.3 is 0 Å². The number of rotatable bonds is 9. The van der Waals surface area contributed by atoms with Gasteiger partial charge in [0.2, 0.25) is 11.7 Å². The van der Waals surface area contributed by atoms with Crippen molar-refractivity contribution in [2.45, 2.75) is 52.0 Å². The highest BCUT2D eigenvalue weighted by atomic mass is 16.5. The monoisotopic (exact) mass is 299 g/mol. The maximum Gasteiger partial charge on any atom is 0.232 e. The highest BCUT2D eigenvalue weighted by Crippen LogP contribution is 2.23. The zero-order valence-electron chi connectivity index (χ0n) is 12.9. The van der Waals surface area contributed by atoms with Gasteiger partial charge in [-0.15, -0.1) is 0 Å². The van der Waals surface area contributed by atoms with E-state index in [0.29, 0.717) is 11.7 Å². The Labute approximate surface area is 130 Å². The summed E-state index contributed by atoms with van der Waals surface area (Å²) in [6, 6.07) is 8.12. The van der Waals surface area contributed by atoms with Crippen LogP contribution in [0.5, 0.6) is 0 Å². The minimum atomic E-state index is 0.0860. The molecule has 2 aromatic rings. The third kappa shape index (κ3) is 4.60. The predicted octanol–water partition coefficient (Wildman–Crippen LogP) is 5.06. The number of aryl methyl sites for hydroxylation is 1. The van der Waals surface area contributed by atoms with Crippen molar-refractivity contribution in [3.8, 4) is 11.4 Å². The Bertz CT molecular complexity index is 631. The quantitative estimate of drug-likeness (QED) is 0.280. The van der Waals surface area contributed by atoms with Crippen LogP contribution in [0.4, 0.5) is 0 Å². The van der Waals surface area contributed by atoms with Crippen molar-refractivity contribution in [2.24, 2.45) is 5.11 Å². The molecule has 0 saturated carbocycles. The third-order valence-corrected chi connectivity index (χ3v) is 3.55. The van der Waals surface area contributed by atoms with Crippen molar-refractivity contribution >= 4 is 0 Å². The maximum absolute atomic E-state index is 8.32. The lowest BCUT2D eigenvalue weighted by atomic mass is 10.0. The van der Waals surface area contributed by atoms with Crippen molar-refractivity contribution in [3.05, 3.63) is 46.2 Å². The molecule has 0 aliphatic heterocycles. The molecule has 0 spiro atoms. The average Bonchev–Trinajstić information content (AvgIpc) is 3.02. The third-order valence-electron chi connectivity index (χ3n) is 3.55. The van der Waals surface area contributed by atoms with Crippen LogP contribution in [0.3, 0.4) is 0 Å². The molecule has 1 heterocycles. The highest BCUT2D eigenvalue weighted by molar-refractivity contribution is 5.59. The summed E-state index contributed by atoms with van der Waals surface area (Å²) < 4.78 is 5.11. The molecule has 0 unspecified atom stereocenters.